The van der Waals surface area contributed by atoms with Gasteiger partial charge in [-0.3, -0.25) is 0 Å². The number of nitrogens with zero attached hydrogens (tertiary/aromatic N) is 1. The first-order valence-corrected chi connectivity index (χ1v) is 6.03. The fraction of sp³-hybridized carbons (Fsp3) is 0.571. The van der Waals surface area contributed by atoms with Crippen molar-refractivity contribution in [3.8, 4) is 0 Å². The van der Waals surface area contributed by atoms with Crippen molar-refractivity contribution in [3.63, 3.8) is 0 Å². The summed E-state index contributed by atoms with van der Waals surface area (Å²) in [5.41, 5.74) is 4.20. The number of hydrogen-bond donors (Lipinski definition) is 1. The van der Waals surface area contributed by atoms with Gasteiger partial charge >= 0.3 is 0 Å². The van der Waals surface area contributed by atoms with Crippen molar-refractivity contribution < 1.29 is 0 Å². The summed E-state index contributed by atoms with van der Waals surface area (Å²) in [5.74, 6) is 0.560. The summed E-state index contributed by atoms with van der Waals surface area (Å²) < 4.78 is 0. The van der Waals surface area contributed by atoms with Crippen LogP contribution in [-0.4, -0.2) is 19.1 Å². The first-order chi connectivity index (χ1) is 7.41. The Kier molecular flexibility index (Phi) is 2.61. The maximum absolute atomic E-state index is 3.67. The first kappa shape index (κ1) is 11.3. The van der Waals surface area contributed by atoms with Gasteiger partial charge in [0.1, 0.15) is 0 Å². The standard InChI is InChI=1S/C14H22N2/c1-10(2)11-7-6-8-12-13(11)15-14(3,4)9-16(12)5/h6-8,10,15H,9H2,1-5H3. The highest BCUT2D eigenvalue weighted by molar-refractivity contribution is 5.77. The minimum atomic E-state index is 0.146. The molecule has 2 rings (SSSR count). The van der Waals surface area contributed by atoms with Crippen LogP contribution in [-0.2, 0) is 0 Å². The molecule has 0 fully saturated rings. The molecule has 0 saturated carbocycles. The lowest BCUT2D eigenvalue weighted by molar-refractivity contribution is 0.548. The van der Waals surface area contributed by atoms with Crippen LogP contribution in [0, 0.1) is 0 Å². The van der Waals surface area contributed by atoms with E-state index in [4.69, 9.17) is 0 Å². The second kappa shape index (κ2) is 3.69. The molecule has 88 valence electrons. The quantitative estimate of drug-likeness (QED) is 0.776. The smallest absolute Gasteiger partial charge is 0.0617 e. The molecule has 16 heavy (non-hydrogen) atoms. The summed E-state index contributed by atoms with van der Waals surface area (Å²) in [6, 6.07) is 6.58. The molecule has 0 atom stereocenters. The molecular formula is C14H22N2. The summed E-state index contributed by atoms with van der Waals surface area (Å²) in [6.45, 7) is 10.0. The third-order valence-electron chi connectivity index (χ3n) is 3.20. The molecule has 1 heterocycles. The Hall–Kier alpha value is -1.18. The molecule has 0 unspecified atom stereocenters. The number of fused-ring (bicyclic) bond motifs is 1. The van der Waals surface area contributed by atoms with E-state index in [2.05, 4.69) is 63.2 Å². The zero-order valence-electron chi connectivity index (χ0n) is 11.0. The molecule has 0 amide bonds. The molecule has 0 radical (unpaired) electrons. The molecule has 1 aliphatic rings. The molecule has 0 bridgehead atoms. The average Bonchev–Trinajstić information content (AvgIpc) is 2.14. The van der Waals surface area contributed by atoms with Crippen LogP contribution >= 0.6 is 0 Å². The predicted octanol–water partition coefficient (Wildman–Crippen LogP) is 3.45. The molecule has 1 aliphatic heterocycles. The predicted molar refractivity (Wildman–Crippen MR) is 71.5 cm³/mol. The van der Waals surface area contributed by atoms with E-state index in [1.54, 1.807) is 0 Å². The van der Waals surface area contributed by atoms with Crippen LogP contribution in [0.15, 0.2) is 18.2 Å². The SMILES string of the molecule is CC(C)c1cccc2c1NC(C)(C)CN2C. The van der Waals surface area contributed by atoms with Gasteiger partial charge in [0.25, 0.3) is 0 Å². The van der Waals surface area contributed by atoms with Crippen molar-refractivity contribution in [3.05, 3.63) is 23.8 Å². The molecule has 2 heteroatoms. The van der Waals surface area contributed by atoms with Gasteiger partial charge in [0, 0.05) is 19.1 Å². The van der Waals surface area contributed by atoms with Crippen molar-refractivity contribution in [2.75, 3.05) is 23.8 Å². The van der Waals surface area contributed by atoms with E-state index in [1.807, 2.05) is 0 Å². The maximum Gasteiger partial charge on any atom is 0.0617 e. The summed E-state index contributed by atoms with van der Waals surface area (Å²) in [4.78, 5) is 2.34. The molecule has 2 nitrogen and oxygen atoms in total. The van der Waals surface area contributed by atoms with Crippen molar-refractivity contribution in [1.82, 2.24) is 0 Å². The van der Waals surface area contributed by atoms with E-state index < -0.39 is 0 Å². The fourth-order valence-corrected chi connectivity index (χ4v) is 2.55. The van der Waals surface area contributed by atoms with Gasteiger partial charge in [-0.25, -0.2) is 0 Å². The normalized spacial score (nSPS) is 18.2. The maximum atomic E-state index is 3.67. The van der Waals surface area contributed by atoms with Gasteiger partial charge in [0.05, 0.1) is 11.4 Å². The average molecular weight is 218 g/mol. The van der Waals surface area contributed by atoms with Gasteiger partial charge in [-0.15, -0.1) is 0 Å². The van der Waals surface area contributed by atoms with Crippen molar-refractivity contribution in [2.45, 2.75) is 39.2 Å². The Balaban J connectivity index is 2.53. The van der Waals surface area contributed by atoms with Gasteiger partial charge < -0.3 is 10.2 Å². The highest BCUT2D eigenvalue weighted by Gasteiger charge is 2.29. The molecule has 1 aromatic carbocycles. The largest absolute Gasteiger partial charge is 0.376 e. The van der Waals surface area contributed by atoms with Crippen LogP contribution in [0.4, 0.5) is 11.4 Å². The van der Waals surface area contributed by atoms with Crippen molar-refractivity contribution >= 4 is 11.4 Å². The number of likely N-dealkylation sites (N-methyl/N-ethyl adjacent to an activating group) is 1. The molecule has 1 N–H and O–H groups in total. The second-order valence-corrected chi connectivity index (χ2v) is 5.76. The molecule has 1 aromatic rings. The third-order valence-corrected chi connectivity index (χ3v) is 3.20. The summed E-state index contributed by atoms with van der Waals surface area (Å²) >= 11 is 0. The number of rotatable bonds is 1. The highest BCUT2D eigenvalue weighted by atomic mass is 15.2. The Morgan fingerprint density at radius 3 is 2.62 bits per heavy atom. The van der Waals surface area contributed by atoms with E-state index in [0.717, 1.165) is 6.54 Å². The molecular weight excluding hydrogens is 196 g/mol. The number of para-hydroxylation sites is 1. The summed E-state index contributed by atoms with van der Waals surface area (Å²) in [5, 5.41) is 3.67. The number of nitrogens with one attached hydrogen (secondary N) is 1. The third kappa shape index (κ3) is 1.89. The van der Waals surface area contributed by atoms with Crippen LogP contribution in [0.3, 0.4) is 0 Å². The van der Waals surface area contributed by atoms with Crippen LogP contribution in [0.25, 0.3) is 0 Å². The Morgan fingerprint density at radius 2 is 2.00 bits per heavy atom. The molecule has 0 spiro atoms. The number of benzene rings is 1. The van der Waals surface area contributed by atoms with E-state index in [0.29, 0.717) is 5.92 Å². The number of hydrogen-bond acceptors (Lipinski definition) is 2. The minimum Gasteiger partial charge on any atom is -0.376 e. The zero-order chi connectivity index (χ0) is 11.9. The highest BCUT2D eigenvalue weighted by Crippen LogP contribution is 2.38. The van der Waals surface area contributed by atoms with E-state index in [1.165, 1.54) is 16.9 Å². The van der Waals surface area contributed by atoms with Gasteiger partial charge in [0.2, 0.25) is 0 Å². The second-order valence-electron chi connectivity index (χ2n) is 5.76. The lowest BCUT2D eigenvalue weighted by Crippen LogP contribution is -2.47. The van der Waals surface area contributed by atoms with Crippen molar-refractivity contribution in [2.24, 2.45) is 0 Å². The van der Waals surface area contributed by atoms with Gasteiger partial charge in [0.15, 0.2) is 0 Å². The van der Waals surface area contributed by atoms with Gasteiger partial charge in [-0.2, -0.15) is 0 Å². The Bertz CT molecular complexity index is 379. The summed E-state index contributed by atoms with van der Waals surface area (Å²) in [7, 11) is 2.17. The fourth-order valence-electron chi connectivity index (χ4n) is 2.55. The lowest BCUT2D eigenvalue weighted by atomic mass is 9.93. The van der Waals surface area contributed by atoms with Crippen molar-refractivity contribution in [1.29, 1.82) is 0 Å². The topological polar surface area (TPSA) is 15.3 Å². The van der Waals surface area contributed by atoms with Crippen LogP contribution < -0.4 is 10.2 Å². The van der Waals surface area contributed by atoms with E-state index in [-0.39, 0.29) is 5.54 Å². The number of anilines is 2. The Morgan fingerprint density at radius 1 is 1.31 bits per heavy atom. The summed E-state index contributed by atoms with van der Waals surface area (Å²) in [6.07, 6.45) is 0. The lowest BCUT2D eigenvalue weighted by Gasteiger charge is -2.41. The van der Waals surface area contributed by atoms with Crippen LogP contribution in [0.2, 0.25) is 0 Å². The molecule has 0 saturated heterocycles. The van der Waals surface area contributed by atoms with Gasteiger partial charge in [-0.05, 0) is 31.4 Å². The van der Waals surface area contributed by atoms with Gasteiger partial charge in [-0.1, -0.05) is 26.0 Å². The Labute approximate surface area is 98.7 Å². The molecule has 0 aliphatic carbocycles. The van der Waals surface area contributed by atoms with E-state index in [9.17, 15) is 0 Å². The minimum absolute atomic E-state index is 0.146. The van der Waals surface area contributed by atoms with Crippen LogP contribution in [0.1, 0.15) is 39.2 Å². The monoisotopic (exact) mass is 218 g/mol. The molecule has 0 aromatic heterocycles. The van der Waals surface area contributed by atoms with E-state index >= 15 is 0 Å². The zero-order valence-corrected chi connectivity index (χ0v) is 11.0. The van der Waals surface area contributed by atoms with Crippen LogP contribution in [0.5, 0.6) is 0 Å². The first-order valence-electron chi connectivity index (χ1n) is 6.03.